The fourth-order valence-corrected chi connectivity index (χ4v) is 1.09. The molecular formula is C9H10ClFN2O. The number of urea groups is 1. The minimum absolute atomic E-state index is 0.142. The number of halogens is 2. The van der Waals surface area contributed by atoms with Crippen molar-refractivity contribution in [3.05, 3.63) is 34.6 Å². The second kappa shape index (κ2) is 4.81. The molecule has 0 aliphatic rings. The Morgan fingerprint density at radius 3 is 2.86 bits per heavy atom. The Bertz CT molecular complexity index is 344. The summed E-state index contributed by atoms with van der Waals surface area (Å²) in [5.41, 5.74) is 0.401. The van der Waals surface area contributed by atoms with Gasteiger partial charge >= 0.3 is 6.03 Å². The maximum atomic E-state index is 13.1. The van der Waals surface area contributed by atoms with Gasteiger partial charge in [0, 0.05) is 24.2 Å². The molecule has 0 unspecified atom stereocenters. The summed E-state index contributed by atoms with van der Waals surface area (Å²) in [6, 6.07) is 3.97. The highest BCUT2D eigenvalue weighted by atomic mass is 35.5. The molecular weight excluding hydrogens is 207 g/mol. The van der Waals surface area contributed by atoms with Crippen molar-refractivity contribution in [2.24, 2.45) is 0 Å². The summed E-state index contributed by atoms with van der Waals surface area (Å²) in [6.45, 7) is 0.142. The van der Waals surface area contributed by atoms with Crippen molar-refractivity contribution >= 4 is 17.6 Å². The van der Waals surface area contributed by atoms with Crippen LogP contribution in [-0.2, 0) is 6.54 Å². The Hall–Kier alpha value is -1.29. The van der Waals surface area contributed by atoms with Crippen LogP contribution < -0.4 is 10.6 Å². The van der Waals surface area contributed by atoms with Gasteiger partial charge in [0.1, 0.15) is 5.82 Å². The number of amides is 2. The van der Waals surface area contributed by atoms with Crippen molar-refractivity contribution in [2.75, 3.05) is 7.05 Å². The third kappa shape index (κ3) is 2.88. The number of carbonyl (C=O) groups is 1. The molecule has 76 valence electrons. The Morgan fingerprint density at radius 2 is 2.29 bits per heavy atom. The van der Waals surface area contributed by atoms with Gasteiger partial charge in [0.25, 0.3) is 0 Å². The van der Waals surface area contributed by atoms with E-state index in [0.717, 1.165) is 0 Å². The van der Waals surface area contributed by atoms with Gasteiger partial charge in [0.2, 0.25) is 0 Å². The van der Waals surface area contributed by atoms with Crippen LogP contribution in [0.4, 0.5) is 9.18 Å². The molecule has 3 nitrogen and oxygen atoms in total. The van der Waals surface area contributed by atoms with Crippen LogP contribution in [0, 0.1) is 5.82 Å². The van der Waals surface area contributed by atoms with Crippen LogP contribution in [0.3, 0.4) is 0 Å². The van der Waals surface area contributed by atoms with Crippen LogP contribution in [0.15, 0.2) is 18.2 Å². The summed E-state index contributed by atoms with van der Waals surface area (Å²) < 4.78 is 13.1. The smallest absolute Gasteiger partial charge is 0.314 e. The van der Waals surface area contributed by atoms with E-state index >= 15 is 0 Å². The first-order valence-corrected chi connectivity index (χ1v) is 4.41. The highest BCUT2D eigenvalue weighted by Crippen LogP contribution is 2.14. The zero-order valence-corrected chi connectivity index (χ0v) is 8.36. The molecule has 2 amide bonds. The third-order valence-electron chi connectivity index (χ3n) is 1.68. The second-order valence-corrected chi connectivity index (χ2v) is 3.10. The third-order valence-corrected chi connectivity index (χ3v) is 1.92. The van der Waals surface area contributed by atoms with Gasteiger partial charge in [-0.05, 0) is 12.1 Å². The highest BCUT2D eigenvalue weighted by molar-refractivity contribution is 6.30. The van der Waals surface area contributed by atoms with E-state index in [2.05, 4.69) is 10.6 Å². The van der Waals surface area contributed by atoms with Crippen molar-refractivity contribution in [2.45, 2.75) is 6.54 Å². The number of hydrogen-bond acceptors (Lipinski definition) is 1. The second-order valence-electron chi connectivity index (χ2n) is 2.67. The van der Waals surface area contributed by atoms with E-state index < -0.39 is 5.82 Å². The molecule has 0 aliphatic carbocycles. The zero-order chi connectivity index (χ0) is 10.6. The van der Waals surface area contributed by atoms with Gasteiger partial charge in [0.05, 0.1) is 0 Å². The first kappa shape index (κ1) is 10.8. The van der Waals surface area contributed by atoms with E-state index in [1.54, 1.807) is 6.07 Å². The summed E-state index contributed by atoms with van der Waals surface area (Å²) in [5.74, 6) is -0.422. The Kier molecular flexibility index (Phi) is 3.71. The monoisotopic (exact) mass is 216 g/mol. The molecule has 2 N–H and O–H groups in total. The molecule has 1 aromatic rings. The molecule has 0 saturated carbocycles. The number of benzene rings is 1. The van der Waals surface area contributed by atoms with E-state index in [1.165, 1.54) is 19.2 Å². The molecule has 0 radical (unpaired) electrons. The van der Waals surface area contributed by atoms with Crippen LogP contribution in [0.1, 0.15) is 5.56 Å². The lowest BCUT2D eigenvalue weighted by Gasteiger charge is -2.05. The van der Waals surface area contributed by atoms with Crippen molar-refractivity contribution in [1.82, 2.24) is 10.6 Å². The van der Waals surface area contributed by atoms with Crippen LogP contribution >= 0.6 is 11.6 Å². The highest BCUT2D eigenvalue weighted by Gasteiger charge is 2.03. The van der Waals surface area contributed by atoms with Crippen molar-refractivity contribution in [3.8, 4) is 0 Å². The first-order valence-electron chi connectivity index (χ1n) is 4.03. The summed E-state index contributed by atoms with van der Waals surface area (Å²) in [7, 11) is 1.49. The zero-order valence-electron chi connectivity index (χ0n) is 7.60. The van der Waals surface area contributed by atoms with E-state index in [4.69, 9.17) is 11.6 Å². The average molecular weight is 217 g/mol. The van der Waals surface area contributed by atoms with Crippen molar-refractivity contribution in [3.63, 3.8) is 0 Å². The molecule has 1 aromatic carbocycles. The van der Waals surface area contributed by atoms with Crippen molar-refractivity contribution in [1.29, 1.82) is 0 Å². The van der Waals surface area contributed by atoms with E-state index in [-0.39, 0.29) is 12.6 Å². The summed E-state index contributed by atoms with van der Waals surface area (Å²) >= 11 is 5.57. The van der Waals surface area contributed by atoms with Gasteiger partial charge in [-0.1, -0.05) is 17.7 Å². The molecule has 14 heavy (non-hydrogen) atoms. The van der Waals surface area contributed by atoms with E-state index in [9.17, 15) is 9.18 Å². The molecule has 5 heteroatoms. The topological polar surface area (TPSA) is 41.1 Å². The summed E-state index contributed by atoms with van der Waals surface area (Å²) in [6.07, 6.45) is 0. The summed E-state index contributed by atoms with van der Waals surface area (Å²) in [5, 5.41) is 5.18. The number of carbonyl (C=O) groups excluding carboxylic acids is 1. The van der Waals surface area contributed by atoms with Gasteiger partial charge in [0.15, 0.2) is 0 Å². The molecule has 0 fully saturated rings. The normalized spacial score (nSPS) is 9.64. The lowest BCUT2D eigenvalue weighted by atomic mass is 10.2. The van der Waals surface area contributed by atoms with E-state index in [1.807, 2.05) is 0 Å². The molecule has 0 aromatic heterocycles. The maximum Gasteiger partial charge on any atom is 0.314 e. The molecule has 1 rings (SSSR count). The van der Waals surface area contributed by atoms with Crippen LogP contribution in [0.25, 0.3) is 0 Å². The minimum Gasteiger partial charge on any atom is -0.341 e. The lowest BCUT2D eigenvalue weighted by Crippen LogP contribution is -2.32. The predicted molar refractivity (Wildman–Crippen MR) is 52.7 cm³/mol. The Morgan fingerprint density at radius 1 is 1.57 bits per heavy atom. The minimum atomic E-state index is -0.422. The Balaban J connectivity index is 2.63. The van der Waals surface area contributed by atoms with Gasteiger partial charge in [-0.25, -0.2) is 9.18 Å². The Labute approximate surface area is 86.3 Å². The molecule has 0 spiro atoms. The number of hydrogen-bond donors (Lipinski definition) is 2. The molecule has 0 saturated heterocycles. The number of rotatable bonds is 2. The van der Waals surface area contributed by atoms with Gasteiger partial charge < -0.3 is 10.6 Å². The van der Waals surface area contributed by atoms with E-state index in [0.29, 0.717) is 10.6 Å². The molecule has 0 aliphatic heterocycles. The standard InChI is InChI=1S/C9H10ClFN2O/c1-12-9(14)13-5-6-2-3-7(10)4-8(6)11/h2-4H,5H2,1H3,(H2,12,13,14). The van der Waals surface area contributed by atoms with Crippen LogP contribution in [0.5, 0.6) is 0 Å². The average Bonchev–Trinajstić information content (AvgIpc) is 2.16. The maximum absolute atomic E-state index is 13.1. The number of nitrogens with one attached hydrogen (secondary N) is 2. The predicted octanol–water partition coefficient (Wildman–Crippen LogP) is 1.91. The van der Waals surface area contributed by atoms with Gasteiger partial charge in [-0.15, -0.1) is 0 Å². The summed E-state index contributed by atoms with van der Waals surface area (Å²) in [4.78, 5) is 10.8. The molecule has 0 heterocycles. The fourth-order valence-electron chi connectivity index (χ4n) is 0.929. The largest absolute Gasteiger partial charge is 0.341 e. The molecule has 0 atom stereocenters. The molecule has 0 bridgehead atoms. The van der Waals surface area contributed by atoms with Crippen LogP contribution in [-0.4, -0.2) is 13.1 Å². The van der Waals surface area contributed by atoms with Crippen molar-refractivity contribution < 1.29 is 9.18 Å². The lowest BCUT2D eigenvalue weighted by molar-refractivity contribution is 0.242. The van der Waals surface area contributed by atoms with Gasteiger partial charge in [-0.2, -0.15) is 0 Å². The quantitative estimate of drug-likeness (QED) is 0.779. The van der Waals surface area contributed by atoms with Gasteiger partial charge in [-0.3, -0.25) is 0 Å². The first-order chi connectivity index (χ1) is 6.63. The van der Waals surface area contributed by atoms with Crippen LogP contribution in [0.2, 0.25) is 5.02 Å². The SMILES string of the molecule is CNC(=O)NCc1ccc(Cl)cc1F. The fraction of sp³-hybridized carbons (Fsp3) is 0.222.